The summed E-state index contributed by atoms with van der Waals surface area (Å²) in [5, 5.41) is 2.63. The number of nitrogens with one attached hydrogen (secondary N) is 2. The summed E-state index contributed by atoms with van der Waals surface area (Å²) in [4.78, 5) is 29.3. The molecule has 0 spiro atoms. The number of ether oxygens (including phenoxy) is 1. The predicted molar refractivity (Wildman–Crippen MR) is 65.8 cm³/mol. The first-order valence-electron chi connectivity index (χ1n) is 5.19. The Hall–Kier alpha value is -2.63. The van der Waals surface area contributed by atoms with Crippen LogP contribution in [0.3, 0.4) is 0 Å². The van der Waals surface area contributed by atoms with E-state index in [2.05, 4.69) is 15.3 Å². The molecule has 2 aromatic rings. The van der Waals surface area contributed by atoms with Gasteiger partial charge in [0.05, 0.1) is 19.0 Å². The van der Waals surface area contributed by atoms with E-state index in [1.54, 1.807) is 12.1 Å². The highest BCUT2D eigenvalue weighted by Crippen LogP contribution is 2.11. The van der Waals surface area contributed by atoms with Gasteiger partial charge in [0.25, 0.3) is 5.91 Å². The number of H-pyrrole nitrogens is 1. The Morgan fingerprint density at radius 2 is 2.22 bits per heavy atom. The molecule has 92 valence electrons. The molecule has 2 rings (SSSR count). The fraction of sp³-hybridized carbons (Fsp3) is 0.0833. The van der Waals surface area contributed by atoms with Crippen molar-refractivity contribution in [3.05, 3.63) is 52.6 Å². The van der Waals surface area contributed by atoms with Crippen molar-refractivity contribution >= 4 is 11.6 Å². The van der Waals surface area contributed by atoms with Gasteiger partial charge >= 0.3 is 0 Å². The topological polar surface area (TPSA) is 84.1 Å². The summed E-state index contributed by atoms with van der Waals surface area (Å²) in [6, 6.07) is 6.05. The molecular formula is C12H11N3O3. The summed E-state index contributed by atoms with van der Waals surface area (Å²) >= 11 is 0. The van der Waals surface area contributed by atoms with Gasteiger partial charge in [-0.3, -0.25) is 9.59 Å². The van der Waals surface area contributed by atoms with E-state index in [-0.39, 0.29) is 17.0 Å². The molecule has 0 aliphatic heterocycles. The van der Waals surface area contributed by atoms with Crippen LogP contribution in [-0.2, 0) is 0 Å². The van der Waals surface area contributed by atoms with E-state index >= 15 is 0 Å². The third-order valence-electron chi connectivity index (χ3n) is 2.24. The van der Waals surface area contributed by atoms with Crippen LogP contribution in [-0.4, -0.2) is 23.0 Å². The average molecular weight is 245 g/mol. The number of methoxy groups -OCH3 is 1. The van der Waals surface area contributed by atoms with Crippen LogP contribution in [0.1, 0.15) is 10.4 Å². The molecule has 0 aromatic carbocycles. The molecule has 2 aromatic heterocycles. The van der Waals surface area contributed by atoms with Crippen LogP contribution in [0, 0.1) is 0 Å². The molecule has 6 nitrogen and oxygen atoms in total. The van der Waals surface area contributed by atoms with Crippen molar-refractivity contribution in [1.82, 2.24) is 9.97 Å². The SMILES string of the molecule is COc1ccc(NC(=O)c2cc[nH]c(=O)c2)cn1. The maximum Gasteiger partial charge on any atom is 0.255 e. The number of hydrogen-bond donors (Lipinski definition) is 2. The van der Waals surface area contributed by atoms with Crippen molar-refractivity contribution in [3.8, 4) is 5.88 Å². The maximum atomic E-state index is 11.8. The molecular weight excluding hydrogens is 234 g/mol. The lowest BCUT2D eigenvalue weighted by molar-refractivity contribution is 0.102. The standard InChI is InChI=1S/C12H11N3O3/c1-18-11-3-2-9(7-14-11)15-12(17)8-4-5-13-10(16)6-8/h2-7H,1H3,(H,13,16)(H,15,17). The minimum absolute atomic E-state index is 0.287. The van der Waals surface area contributed by atoms with Crippen molar-refractivity contribution in [2.24, 2.45) is 0 Å². The van der Waals surface area contributed by atoms with Crippen LogP contribution in [0.2, 0.25) is 0 Å². The number of aromatic amines is 1. The third-order valence-corrected chi connectivity index (χ3v) is 2.24. The Bertz CT molecular complexity index is 604. The van der Waals surface area contributed by atoms with Crippen molar-refractivity contribution in [3.63, 3.8) is 0 Å². The van der Waals surface area contributed by atoms with E-state index in [1.807, 2.05) is 0 Å². The second-order valence-corrected chi connectivity index (χ2v) is 3.48. The van der Waals surface area contributed by atoms with Crippen LogP contribution in [0.5, 0.6) is 5.88 Å². The summed E-state index contributed by atoms with van der Waals surface area (Å²) in [6.07, 6.45) is 2.90. The number of hydrogen-bond acceptors (Lipinski definition) is 4. The fourth-order valence-electron chi connectivity index (χ4n) is 1.36. The second kappa shape index (κ2) is 5.13. The normalized spacial score (nSPS) is 9.83. The molecule has 6 heteroatoms. The summed E-state index contributed by atoms with van der Waals surface area (Å²) in [6.45, 7) is 0. The summed E-state index contributed by atoms with van der Waals surface area (Å²) < 4.78 is 4.91. The van der Waals surface area contributed by atoms with Gasteiger partial charge in [-0.15, -0.1) is 0 Å². The predicted octanol–water partition coefficient (Wildman–Crippen LogP) is 1.03. The molecule has 0 unspecified atom stereocenters. The summed E-state index contributed by atoms with van der Waals surface area (Å²) in [7, 11) is 1.51. The summed E-state index contributed by atoms with van der Waals surface area (Å²) in [5.41, 5.74) is 0.492. The lowest BCUT2D eigenvalue weighted by Crippen LogP contribution is -2.15. The zero-order chi connectivity index (χ0) is 13.0. The molecule has 18 heavy (non-hydrogen) atoms. The number of aromatic nitrogens is 2. The molecule has 0 fully saturated rings. The zero-order valence-corrected chi connectivity index (χ0v) is 9.64. The minimum Gasteiger partial charge on any atom is -0.481 e. The van der Waals surface area contributed by atoms with Gasteiger partial charge in [0.2, 0.25) is 11.4 Å². The Morgan fingerprint density at radius 3 is 2.83 bits per heavy atom. The largest absolute Gasteiger partial charge is 0.481 e. The third kappa shape index (κ3) is 2.73. The molecule has 2 heterocycles. The zero-order valence-electron chi connectivity index (χ0n) is 9.64. The maximum absolute atomic E-state index is 11.8. The van der Waals surface area contributed by atoms with E-state index < -0.39 is 0 Å². The number of carbonyl (C=O) groups is 1. The van der Waals surface area contributed by atoms with Gasteiger partial charge in [-0.05, 0) is 12.1 Å². The number of amides is 1. The first kappa shape index (κ1) is 11.8. The number of carbonyl (C=O) groups excluding carboxylic acids is 1. The van der Waals surface area contributed by atoms with E-state index in [1.165, 1.54) is 31.6 Å². The summed E-state index contributed by atoms with van der Waals surface area (Å²) in [5.74, 6) is 0.0946. The lowest BCUT2D eigenvalue weighted by Gasteiger charge is -2.05. The smallest absolute Gasteiger partial charge is 0.255 e. The van der Waals surface area contributed by atoms with Crippen LogP contribution < -0.4 is 15.6 Å². The van der Waals surface area contributed by atoms with Gasteiger partial charge in [-0.1, -0.05) is 0 Å². The highest BCUT2D eigenvalue weighted by atomic mass is 16.5. The van der Waals surface area contributed by atoms with Crippen LogP contribution in [0.25, 0.3) is 0 Å². The van der Waals surface area contributed by atoms with E-state index in [0.29, 0.717) is 11.6 Å². The number of anilines is 1. The minimum atomic E-state index is -0.368. The van der Waals surface area contributed by atoms with Gasteiger partial charge in [-0.2, -0.15) is 0 Å². The van der Waals surface area contributed by atoms with Crippen LogP contribution >= 0.6 is 0 Å². The number of nitrogens with zero attached hydrogens (tertiary/aromatic N) is 1. The van der Waals surface area contributed by atoms with E-state index in [0.717, 1.165) is 0 Å². The highest BCUT2D eigenvalue weighted by molar-refractivity contribution is 6.04. The molecule has 0 aliphatic carbocycles. The van der Waals surface area contributed by atoms with E-state index in [4.69, 9.17) is 4.74 Å². The molecule has 0 atom stereocenters. The number of rotatable bonds is 3. The number of pyridine rings is 2. The van der Waals surface area contributed by atoms with Crippen molar-refractivity contribution < 1.29 is 9.53 Å². The monoisotopic (exact) mass is 245 g/mol. The first-order valence-corrected chi connectivity index (χ1v) is 5.19. The van der Waals surface area contributed by atoms with Gasteiger partial charge in [0, 0.05) is 23.9 Å². The Labute approximate surface area is 103 Å². The van der Waals surface area contributed by atoms with Crippen LogP contribution in [0.15, 0.2) is 41.5 Å². The molecule has 0 saturated heterocycles. The Kier molecular flexibility index (Phi) is 3.38. The van der Waals surface area contributed by atoms with Crippen LogP contribution in [0.4, 0.5) is 5.69 Å². The van der Waals surface area contributed by atoms with Crippen molar-refractivity contribution in [2.75, 3.05) is 12.4 Å². The molecule has 0 bridgehead atoms. The first-order chi connectivity index (χ1) is 8.69. The second-order valence-electron chi connectivity index (χ2n) is 3.48. The van der Waals surface area contributed by atoms with Crippen molar-refractivity contribution in [1.29, 1.82) is 0 Å². The molecule has 0 saturated carbocycles. The quantitative estimate of drug-likeness (QED) is 0.845. The van der Waals surface area contributed by atoms with Gasteiger partial charge in [0.1, 0.15) is 0 Å². The van der Waals surface area contributed by atoms with Gasteiger partial charge in [0.15, 0.2) is 0 Å². The fourth-order valence-corrected chi connectivity index (χ4v) is 1.36. The van der Waals surface area contributed by atoms with Crippen molar-refractivity contribution in [2.45, 2.75) is 0 Å². The lowest BCUT2D eigenvalue weighted by atomic mass is 10.2. The Balaban J connectivity index is 2.13. The molecule has 2 N–H and O–H groups in total. The molecule has 0 radical (unpaired) electrons. The van der Waals surface area contributed by atoms with E-state index in [9.17, 15) is 9.59 Å². The average Bonchev–Trinajstić information content (AvgIpc) is 2.39. The molecule has 1 amide bonds. The van der Waals surface area contributed by atoms with Gasteiger partial charge < -0.3 is 15.0 Å². The Morgan fingerprint density at radius 1 is 1.39 bits per heavy atom. The van der Waals surface area contributed by atoms with Gasteiger partial charge in [-0.25, -0.2) is 4.98 Å². The highest BCUT2D eigenvalue weighted by Gasteiger charge is 2.06. The molecule has 0 aliphatic rings.